The van der Waals surface area contributed by atoms with E-state index in [-0.39, 0.29) is 16.2 Å². The molecule has 20 heavy (non-hydrogen) atoms. The highest BCUT2D eigenvalue weighted by Gasteiger charge is 2.50. The van der Waals surface area contributed by atoms with Crippen molar-refractivity contribution in [1.29, 1.82) is 0 Å². The van der Waals surface area contributed by atoms with Gasteiger partial charge in [-0.05, 0) is 53.1 Å². The molecule has 112 valence electrons. The van der Waals surface area contributed by atoms with Crippen molar-refractivity contribution in [2.45, 2.75) is 50.8 Å². The Labute approximate surface area is 128 Å². The average molecular weight is 313 g/mol. The highest BCUT2D eigenvalue weighted by Crippen LogP contribution is 2.52. The Morgan fingerprint density at radius 1 is 1.45 bits per heavy atom. The fourth-order valence-electron chi connectivity index (χ4n) is 3.21. The number of aromatic nitrogens is 1. The van der Waals surface area contributed by atoms with E-state index in [1.54, 1.807) is 11.3 Å². The van der Waals surface area contributed by atoms with Crippen molar-refractivity contribution in [1.82, 2.24) is 15.0 Å². The highest BCUT2D eigenvalue weighted by molar-refractivity contribution is 7.90. The van der Waals surface area contributed by atoms with Crippen LogP contribution in [-0.2, 0) is 17.8 Å². The van der Waals surface area contributed by atoms with Gasteiger partial charge in [0.15, 0.2) is 0 Å². The predicted octanol–water partition coefficient (Wildman–Crippen LogP) is 2.16. The van der Waals surface area contributed by atoms with Gasteiger partial charge in [-0.3, -0.25) is 0 Å². The lowest BCUT2D eigenvalue weighted by Gasteiger charge is -2.40. The van der Waals surface area contributed by atoms with E-state index in [4.69, 9.17) is 0 Å². The third-order valence-corrected chi connectivity index (χ3v) is 6.95. The fourth-order valence-corrected chi connectivity index (χ4v) is 5.22. The molecule has 2 atom stereocenters. The monoisotopic (exact) mass is 313 g/mol. The lowest BCUT2D eigenvalue weighted by atomic mass is 9.74. The summed E-state index contributed by atoms with van der Waals surface area (Å²) >= 11 is 0.674. The van der Waals surface area contributed by atoms with Crippen LogP contribution in [0.4, 0.5) is 0 Å². The lowest BCUT2D eigenvalue weighted by Crippen LogP contribution is -2.48. The number of piperidine rings is 1. The molecule has 2 N–H and O–H groups in total. The molecule has 1 fully saturated rings. The third-order valence-electron chi connectivity index (χ3n) is 4.45. The van der Waals surface area contributed by atoms with Gasteiger partial charge in [0, 0.05) is 21.7 Å². The summed E-state index contributed by atoms with van der Waals surface area (Å²) < 4.78 is 15.7. The van der Waals surface area contributed by atoms with Crippen molar-refractivity contribution >= 4 is 22.7 Å². The van der Waals surface area contributed by atoms with Gasteiger partial charge in [-0.25, -0.2) is 4.98 Å². The number of nitrogens with zero attached hydrogens (tertiary/aromatic N) is 1. The van der Waals surface area contributed by atoms with Crippen molar-refractivity contribution < 1.29 is 4.55 Å². The van der Waals surface area contributed by atoms with Crippen LogP contribution >= 0.6 is 11.3 Å². The molecule has 4 nitrogen and oxygen atoms in total. The molecule has 1 spiro atoms. The Morgan fingerprint density at radius 2 is 2.15 bits per heavy atom. The largest absolute Gasteiger partial charge is 0.598 e. The molecular formula is C14H23N3OS2. The van der Waals surface area contributed by atoms with Crippen LogP contribution in [-0.4, -0.2) is 27.4 Å². The van der Waals surface area contributed by atoms with Gasteiger partial charge in [0.1, 0.15) is 4.75 Å². The number of fused-ring (bicyclic) bond motifs is 1. The number of hydrogen-bond acceptors (Lipinski definition) is 5. The Hall–Kier alpha value is -0.140. The van der Waals surface area contributed by atoms with E-state index < -0.39 is 11.4 Å². The lowest BCUT2D eigenvalue weighted by molar-refractivity contribution is 0.164. The van der Waals surface area contributed by atoms with Crippen LogP contribution in [0.5, 0.6) is 0 Å². The zero-order chi connectivity index (χ0) is 14.4. The van der Waals surface area contributed by atoms with Crippen LogP contribution in [0.3, 0.4) is 0 Å². The van der Waals surface area contributed by atoms with Crippen LogP contribution in [0.2, 0.25) is 0 Å². The minimum absolute atomic E-state index is 0.201. The maximum atomic E-state index is 12.5. The van der Waals surface area contributed by atoms with Gasteiger partial charge >= 0.3 is 0 Å². The Balaban J connectivity index is 1.87. The van der Waals surface area contributed by atoms with E-state index in [2.05, 4.69) is 15.0 Å². The van der Waals surface area contributed by atoms with Crippen LogP contribution in [0.1, 0.15) is 50.2 Å². The minimum atomic E-state index is -1.04. The molecule has 6 heteroatoms. The van der Waals surface area contributed by atoms with Gasteiger partial charge in [0.05, 0.1) is 17.2 Å². The molecule has 3 rings (SSSR count). The van der Waals surface area contributed by atoms with Gasteiger partial charge < -0.3 is 9.87 Å². The standard InChI is InChI=1S/C14H23N3OS2/c1-13(2,3)20(18)17-12-11-10(16-9-19-11)8-14(12)4-6-15-7-5-14/h9,12,15,17H,4-8H2,1-3H3/t12-,20?/m1/s1. The fraction of sp³-hybridized carbons (Fsp3) is 0.786. The number of thiazole rings is 1. The summed E-state index contributed by atoms with van der Waals surface area (Å²) in [6, 6.07) is 0.201. The summed E-state index contributed by atoms with van der Waals surface area (Å²) in [5.41, 5.74) is 3.36. The smallest absolute Gasteiger partial charge is 0.136 e. The van der Waals surface area contributed by atoms with Gasteiger partial charge in [-0.1, -0.05) is 0 Å². The van der Waals surface area contributed by atoms with Crippen molar-refractivity contribution in [2.24, 2.45) is 5.41 Å². The molecule has 1 unspecified atom stereocenters. The van der Waals surface area contributed by atoms with Gasteiger partial charge in [0.2, 0.25) is 0 Å². The maximum Gasteiger partial charge on any atom is 0.136 e. The molecule has 0 radical (unpaired) electrons. The second kappa shape index (κ2) is 5.25. The van der Waals surface area contributed by atoms with Crippen molar-refractivity contribution in [3.05, 3.63) is 16.1 Å². The Morgan fingerprint density at radius 3 is 2.80 bits per heavy atom. The van der Waals surface area contributed by atoms with Gasteiger partial charge in [0.25, 0.3) is 0 Å². The first-order valence-electron chi connectivity index (χ1n) is 7.23. The summed E-state index contributed by atoms with van der Waals surface area (Å²) in [6.45, 7) is 8.17. The zero-order valence-electron chi connectivity index (χ0n) is 12.4. The normalized spacial score (nSPS) is 26.7. The molecule has 2 heterocycles. The van der Waals surface area contributed by atoms with Crippen LogP contribution < -0.4 is 10.0 Å². The van der Waals surface area contributed by atoms with Crippen LogP contribution in [0.25, 0.3) is 0 Å². The number of nitrogens with one attached hydrogen (secondary N) is 2. The van der Waals surface area contributed by atoms with E-state index in [0.29, 0.717) is 0 Å². The van der Waals surface area contributed by atoms with E-state index in [9.17, 15) is 4.55 Å². The van der Waals surface area contributed by atoms with E-state index in [1.165, 1.54) is 10.6 Å². The summed E-state index contributed by atoms with van der Waals surface area (Å²) in [6.07, 6.45) is 3.30. The molecule has 0 amide bonds. The van der Waals surface area contributed by atoms with E-state index in [1.807, 2.05) is 26.3 Å². The maximum absolute atomic E-state index is 12.5. The Bertz CT molecular complexity index is 477. The van der Waals surface area contributed by atoms with Crippen molar-refractivity contribution in [3.63, 3.8) is 0 Å². The molecule has 0 bridgehead atoms. The third kappa shape index (κ3) is 2.52. The molecule has 0 saturated carbocycles. The van der Waals surface area contributed by atoms with E-state index in [0.717, 1.165) is 32.4 Å². The van der Waals surface area contributed by atoms with E-state index >= 15 is 0 Å². The predicted molar refractivity (Wildman–Crippen MR) is 84.1 cm³/mol. The second-order valence-corrected chi connectivity index (χ2v) is 9.77. The second-order valence-electron chi connectivity index (χ2n) is 6.88. The van der Waals surface area contributed by atoms with Gasteiger partial charge in [-0.2, -0.15) is 0 Å². The molecule has 1 aliphatic carbocycles. The summed E-state index contributed by atoms with van der Waals surface area (Å²) in [5, 5.41) is 3.44. The SMILES string of the molecule is CC(C)(C)[S+]([O-])N[C@@H]1c2scnc2CC12CCNCC2. The average Bonchev–Trinajstić information content (AvgIpc) is 2.91. The highest BCUT2D eigenvalue weighted by atomic mass is 32.2. The first kappa shape index (κ1) is 14.8. The topological polar surface area (TPSA) is 60.0 Å². The first-order chi connectivity index (χ1) is 9.42. The van der Waals surface area contributed by atoms with Crippen LogP contribution in [0.15, 0.2) is 5.51 Å². The first-order valence-corrected chi connectivity index (χ1v) is 9.26. The molecular weight excluding hydrogens is 290 g/mol. The molecule has 0 aromatic carbocycles. The Kier molecular flexibility index (Phi) is 3.88. The number of rotatable bonds is 2. The molecule has 1 aliphatic heterocycles. The van der Waals surface area contributed by atoms with Gasteiger partial charge in [-0.15, -0.1) is 16.1 Å². The van der Waals surface area contributed by atoms with Crippen molar-refractivity contribution in [3.8, 4) is 0 Å². The molecule has 1 aromatic heterocycles. The minimum Gasteiger partial charge on any atom is -0.598 e. The molecule has 2 aliphatic rings. The summed E-state index contributed by atoms with van der Waals surface area (Å²) in [4.78, 5) is 5.83. The quantitative estimate of drug-likeness (QED) is 0.822. The summed E-state index contributed by atoms with van der Waals surface area (Å²) in [7, 11) is 0. The zero-order valence-corrected chi connectivity index (χ0v) is 14.0. The molecule has 1 saturated heterocycles. The van der Waals surface area contributed by atoms with Crippen LogP contribution in [0, 0.1) is 5.41 Å². The van der Waals surface area contributed by atoms with Crippen molar-refractivity contribution in [2.75, 3.05) is 13.1 Å². The summed E-state index contributed by atoms with van der Waals surface area (Å²) in [5.74, 6) is 0. The molecule has 1 aromatic rings. The number of hydrogen-bond donors (Lipinski definition) is 2.